The van der Waals surface area contributed by atoms with E-state index in [9.17, 15) is 0 Å². The van der Waals surface area contributed by atoms with Gasteiger partial charge in [-0.1, -0.05) is 20.8 Å². The second kappa shape index (κ2) is 5.84. The Kier molecular flexibility index (Phi) is 4.73. The maximum Gasteiger partial charge on any atom is 0.157 e. The minimum Gasteiger partial charge on any atom is -0.363 e. The van der Waals surface area contributed by atoms with Gasteiger partial charge in [0.25, 0.3) is 0 Å². The summed E-state index contributed by atoms with van der Waals surface area (Å²) in [6, 6.07) is 0.470. The predicted molar refractivity (Wildman–Crippen MR) is 73.6 cm³/mol. The number of nitrogens with one attached hydrogen (secondary N) is 1. The first-order valence-electron chi connectivity index (χ1n) is 6.51. The smallest absolute Gasteiger partial charge is 0.157 e. The van der Waals surface area contributed by atoms with Crippen molar-refractivity contribution < 1.29 is 0 Å². The van der Waals surface area contributed by atoms with E-state index in [-0.39, 0.29) is 0 Å². The molecule has 4 nitrogen and oxygen atoms in total. The first-order valence-corrected chi connectivity index (χ1v) is 6.51. The molecule has 2 rings (SSSR count). The standard InChI is InChI=1S/C11H18N4.C2H6/c1-5-9-13-8(4)10-11(14-9)15(6-12-10)7(2)3;1-2/h7,12H,5-6H2,1-4H3;1-2H3. The van der Waals surface area contributed by atoms with Crippen LogP contribution in [0.3, 0.4) is 0 Å². The van der Waals surface area contributed by atoms with E-state index in [1.165, 1.54) is 0 Å². The summed E-state index contributed by atoms with van der Waals surface area (Å²) in [4.78, 5) is 11.3. The van der Waals surface area contributed by atoms with Gasteiger partial charge in [0.15, 0.2) is 5.82 Å². The van der Waals surface area contributed by atoms with E-state index < -0.39 is 0 Å². The van der Waals surface area contributed by atoms with Crippen molar-refractivity contribution in [3.05, 3.63) is 11.5 Å². The molecule has 1 aromatic heterocycles. The summed E-state index contributed by atoms with van der Waals surface area (Å²) in [7, 11) is 0. The van der Waals surface area contributed by atoms with Gasteiger partial charge in [-0.25, -0.2) is 9.97 Å². The summed E-state index contributed by atoms with van der Waals surface area (Å²) in [5, 5.41) is 3.35. The zero-order chi connectivity index (χ0) is 13.0. The van der Waals surface area contributed by atoms with Crippen LogP contribution in [0.15, 0.2) is 0 Å². The molecule has 0 fully saturated rings. The van der Waals surface area contributed by atoms with Gasteiger partial charge in [0.2, 0.25) is 0 Å². The zero-order valence-electron chi connectivity index (χ0n) is 11.8. The van der Waals surface area contributed by atoms with Gasteiger partial charge >= 0.3 is 0 Å². The van der Waals surface area contributed by atoms with Crippen LogP contribution in [0, 0.1) is 6.92 Å². The van der Waals surface area contributed by atoms with Crippen LogP contribution in [0.5, 0.6) is 0 Å². The van der Waals surface area contributed by atoms with Gasteiger partial charge in [-0.3, -0.25) is 0 Å². The fraction of sp³-hybridized carbons (Fsp3) is 0.692. The predicted octanol–water partition coefficient (Wildman–Crippen LogP) is 2.97. The number of fused-ring (bicyclic) bond motifs is 1. The second-order valence-corrected chi connectivity index (χ2v) is 4.18. The molecule has 0 aliphatic carbocycles. The topological polar surface area (TPSA) is 41.1 Å². The lowest BCUT2D eigenvalue weighted by atomic mass is 10.3. The Morgan fingerprint density at radius 1 is 1.29 bits per heavy atom. The van der Waals surface area contributed by atoms with Crippen LogP contribution < -0.4 is 10.2 Å². The molecule has 0 amide bonds. The van der Waals surface area contributed by atoms with Crippen LogP contribution in [0.4, 0.5) is 11.5 Å². The Morgan fingerprint density at radius 2 is 1.94 bits per heavy atom. The number of nitrogens with zero attached hydrogens (tertiary/aromatic N) is 3. The first kappa shape index (κ1) is 13.7. The lowest BCUT2D eigenvalue weighted by molar-refractivity contribution is 0.714. The molecule has 0 spiro atoms. The molecular weight excluding hydrogens is 212 g/mol. The van der Waals surface area contributed by atoms with Crippen molar-refractivity contribution in [2.24, 2.45) is 0 Å². The monoisotopic (exact) mass is 236 g/mol. The fourth-order valence-corrected chi connectivity index (χ4v) is 1.85. The van der Waals surface area contributed by atoms with E-state index in [0.717, 1.165) is 36.1 Å². The van der Waals surface area contributed by atoms with Crippen molar-refractivity contribution in [2.45, 2.75) is 54.0 Å². The number of aromatic nitrogens is 2. The van der Waals surface area contributed by atoms with Gasteiger partial charge in [-0.15, -0.1) is 0 Å². The molecule has 0 saturated heterocycles. The molecule has 0 bridgehead atoms. The van der Waals surface area contributed by atoms with E-state index in [4.69, 9.17) is 0 Å². The van der Waals surface area contributed by atoms with Crippen molar-refractivity contribution in [3.63, 3.8) is 0 Å². The molecule has 2 heterocycles. The Bertz CT molecular complexity index is 374. The van der Waals surface area contributed by atoms with E-state index in [2.05, 4.69) is 41.0 Å². The zero-order valence-corrected chi connectivity index (χ0v) is 11.8. The van der Waals surface area contributed by atoms with Crippen molar-refractivity contribution in [1.82, 2.24) is 9.97 Å². The highest BCUT2D eigenvalue weighted by Gasteiger charge is 2.24. The minimum absolute atomic E-state index is 0.470. The second-order valence-electron chi connectivity index (χ2n) is 4.18. The number of anilines is 2. The van der Waals surface area contributed by atoms with Crippen molar-refractivity contribution >= 4 is 11.5 Å². The Labute approximate surface area is 104 Å². The summed E-state index contributed by atoms with van der Waals surface area (Å²) in [6.45, 7) is 13.3. The summed E-state index contributed by atoms with van der Waals surface area (Å²) in [5.74, 6) is 2.00. The van der Waals surface area contributed by atoms with Crippen LogP contribution in [0.1, 0.15) is 46.1 Å². The molecular formula is C13H24N4. The summed E-state index contributed by atoms with van der Waals surface area (Å²) in [5.41, 5.74) is 2.15. The number of hydrogen-bond donors (Lipinski definition) is 1. The normalized spacial score (nSPS) is 13.0. The Hall–Kier alpha value is -1.32. The quantitative estimate of drug-likeness (QED) is 0.857. The maximum atomic E-state index is 4.59. The molecule has 0 radical (unpaired) electrons. The van der Waals surface area contributed by atoms with Crippen LogP contribution in [0.25, 0.3) is 0 Å². The summed E-state index contributed by atoms with van der Waals surface area (Å²) < 4.78 is 0. The van der Waals surface area contributed by atoms with E-state index in [1.807, 2.05) is 20.8 Å². The van der Waals surface area contributed by atoms with Gasteiger partial charge in [0, 0.05) is 12.5 Å². The molecule has 0 aromatic carbocycles. The molecule has 1 N–H and O–H groups in total. The molecule has 1 aromatic rings. The molecule has 0 saturated carbocycles. The maximum absolute atomic E-state index is 4.59. The Morgan fingerprint density at radius 3 is 2.47 bits per heavy atom. The largest absolute Gasteiger partial charge is 0.363 e. The lowest BCUT2D eigenvalue weighted by Crippen LogP contribution is -2.30. The van der Waals surface area contributed by atoms with Gasteiger partial charge in [-0.2, -0.15) is 0 Å². The van der Waals surface area contributed by atoms with Crippen LogP contribution in [-0.4, -0.2) is 22.7 Å². The molecule has 1 aliphatic rings. The third kappa shape index (κ3) is 2.68. The minimum atomic E-state index is 0.470. The molecule has 0 unspecified atom stereocenters. The Balaban J connectivity index is 0.000000686. The highest BCUT2D eigenvalue weighted by molar-refractivity contribution is 5.73. The number of hydrogen-bond acceptors (Lipinski definition) is 4. The van der Waals surface area contributed by atoms with E-state index >= 15 is 0 Å². The van der Waals surface area contributed by atoms with Crippen LogP contribution in [0.2, 0.25) is 0 Å². The molecule has 96 valence electrons. The van der Waals surface area contributed by atoms with Gasteiger partial charge in [0.05, 0.1) is 12.4 Å². The van der Waals surface area contributed by atoms with E-state index in [0.29, 0.717) is 6.04 Å². The number of rotatable bonds is 2. The van der Waals surface area contributed by atoms with E-state index in [1.54, 1.807) is 0 Å². The molecule has 1 aliphatic heterocycles. The highest BCUT2D eigenvalue weighted by atomic mass is 15.3. The van der Waals surface area contributed by atoms with Crippen molar-refractivity contribution in [1.29, 1.82) is 0 Å². The van der Waals surface area contributed by atoms with Gasteiger partial charge < -0.3 is 10.2 Å². The lowest BCUT2D eigenvalue weighted by Gasteiger charge is -2.21. The SMILES string of the molecule is CC.CCc1nc(C)c2c(n1)N(C(C)C)CN2. The van der Waals surface area contributed by atoms with Crippen LogP contribution >= 0.6 is 0 Å². The summed E-state index contributed by atoms with van der Waals surface area (Å²) in [6.07, 6.45) is 0.889. The van der Waals surface area contributed by atoms with Gasteiger partial charge in [0.1, 0.15) is 11.5 Å². The third-order valence-electron chi connectivity index (χ3n) is 2.75. The van der Waals surface area contributed by atoms with Crippen LogP contribution in [-0.2, 0) is 6.42 Å². The molecule has 4 heteroatoms. The van der Waals surface area contributed by atoms with Crippen molar-refractivity contribution in [2.75, 3.05) is 16.9 Å². The van der Waals surface area contributed by atoms with Gasteiger partial charge in [-0.05, 0) is 20.8 Å². The third-order valence-corrected chi connectivity index (χ3v) is 2.75. The highest BCUT2D eigenvalue weighted by Crippen LogP contribution is 2.32. The number of aryl methyl sites for hydroxylation is 2. The average molecular weight is 236 g/mol. The molecule has 17 heavy (non-hydrogen) atoms. The van der Waals surface area contributed by atoms with Crippen molar-refractivity contribution in [3.8, 4) is 0 Å². The molecule has 0 atom stereocenters. The average Bonchev–Trinajstić information content (AvgIpc) is 2.75. The summed E-state index contributed by atoms with van der Waals surface area (Å²) >= 11 is 0. The fourth-order valence-electron chi connectivity index (χ4n) is 1.85. The first-order chi connectivity index (χ1) is 8.13.